The Bertz CT molecular complexity index is 1010. The number of aromatic nitrogens is 4. The molecule has 2 aliphatic rings. The zero-order valence-electron chi connectivity index (χ0n) is 15.5. The van der Waals surface area contributed by atoms with E-state index in [0.717, 1.165) is 47.4 Å². The van der Waals surface area contributed by atoms with Gasteiger partial charge in [-0.3, -0.25) is 4.79 Å². The van der Waals surface area contributed by atoms with Crippen LogP contribution in [0.15, 0.2) is 29.4 Å². The van der Waals surface area contributed by atoms with Crippen LogP contribution in [0.1, 0.15) is 44.3 Å². The Balaban J connectivity index is 1.42. The third kappa shape index (κ3) is 3.18. The second-order valence-corrected chi connectivity index (χ2v) is 8.51. The van der Waals surface area contributed by atoms with Gasteiger partial charge in [0.05, 0.1) is 11.3 Å². The molecule has 0 spiro atoms. The van der Waals surface area contributed by atoms with Crippen molar-refractivity contribution in [2.75, 3.05) is 5.75 Å². The zero-order chi connectivity index (χ0) is 18.4. The van der Waals surface area contributed by atoms with Crippen molar-refractivity contribution in [3.63, 3.8) is 0 Å². The van der Waals surface area contributed by atoms with E-state index in [2.05, 4.69) is 15.0 Å². The summed E-state index contributed by atoms with van der Waals surface area (Å²) in [5.41, 5.74) is 1.70. The molecular weight excluding hydrogens is 358 g/mol. The van der Waals surface area contributed by atoms with Crippen LogP contribution in [-0.2, 0) is 4.79 Å². The van der Waals surface area contributed by atoms with Crippen LogP contribution in [0.25, 0.3) is 16.6 Å². The number of hydrogen-bond acceptors (Lipinski definition) is 5. The van der Waals surface area contributed by atoms with E-state index < -0.39 is 0 Å². The molecule has 0 N–H and O–H groups in total. The zero-order valence-corrected chi connectivity index (χ0v) is 16.3. The molecule has 2 aromatic heterocycles. The van der Waals surface area contributed by atoms with Gasteiger partial charge in [-0.15, -0.1) is 5.10 Å². The molecule has 0 unspecified atom stereocenters. The van der Waals surface area contributed by atoms with E-state index in [0.29, 0.717) is 23.7 Å². The molecule has 0 aliphatic heterocycles. The molecule has 2 heterocycles. The summed E-state index contributed by atoms with van der Waals surface area (Å²) in [6.45, 7) is 1.89. The lowest BCUT2D eigenvalue weighted by Gasteiger charge is -2.29. The molecule has 2 aliphatic carbocycles. The normalized spacial score (nSPS) is 17.8. The quantitative estimate of drug-likeness (QED) is 0.499. The minimum Gasteiger partial charge on any atom is -0.336 e. The SMILES string of the molecule is Cc1nc2c3ccccc3nc(SCC(=O)N(C3CCCC3)C3CC3)n2n1. The van der Waals surface area contributed by atoms with Crippen molar-refractivity contribution in [1.29, 1.82) is 0 Å². The topological polar surface area (TPSA) is 63.4 Å². The van der Waals surface area contributed by atoms with Gasteiger partial charge in [0, 0.05) is 17.5 Å². The third-order valence-corrected chi connectivity index (χ3v) is 6.44. The summed E-state index contributed by atoms with van der Waals surface area (Å²) in [5, 5.41) is 6.23. The lowest BCUT2D eigenvalue weighted by molar-refractivity contribution is -0.131. The second-order valence-electron chi connectivity index (χ2n) is 7.57. The first-order chi connectivity index (χ1) is 13.2. The van der Waals surface area contributed by atoms with E-state index in [1.807, 2.05) is 31.2 Å². The molecule has 0 bridgehead atoms. The number of amides is 1. The largest absolute Gasteiger partial charge is 0.336 e. The molecule has 2 fully saturated rings. The number of thioether (sulfide) groups is 1. The Hall–Kier alpha value is -2.15. The predicted octanol–water partition coefficient (Wildman–Crippen LogP) is 3.61. The molecule has 1 aromatic carbocycles. The standard InChI is InChI=1S/C20H23N5OS/c1-13-21-19-16-8-4-5-9-17(16)22-20(25(19)23-13)27-12-18(26)24(15-10-11-15)14-6-2-3-7-14/h4-5,8-9,14-15H,2-3,6-7,10-12H2,1H3. The molecule has 0 atom stereocenters. The van der Waals surface area contributed by atoms with Gasteiger partial charge in [-0.2, -0.15) is 4.52 Å². The lowest BCUT2D eigenvalue weighted by atomic mass is 10.2. The number of carbonyl (C=O) groups is 1. The fourth-order valence-corrected chi connectivity index (χ4v) is 4.98. The van der Waals surface area contributed by atoms with Crippen LogP contribution < -0.4 is 0 Å². The Morgan fingerprint density at radius 2 is 1.89 bits per heavy atom. The third-order valence-electron chi connectivity index (χ3n) is 5.53. The number of hydrogen-bond donors (Lipinski definition) is 0. The number of nitrogens with zero attached hydrogens (tertiary/aromatic N) is 5. The smallest absolute Gasteiger partial charge is 0.233 e. The maximum atomic E-state index is 13.0. The van der Waals surface area contributed by atoms with Gasteiger partial charge in [-0.1, -0.05) is 36.7 Å². The highest BCUT2D eigenvalue weighted by atomic mass is 32.2. The highest BCUT2D eigenvalue weighted by Gasteiger charge is 2.38. The Morgan fingerprint density at radius 1 is 1.15 bits per heavy atom. The summed E-state index contributed by atoms with van der Waals surface area (Å²) in [6, 6.07) is 8.88. The minimum absolute atomic E-state index is 0.245. The Kier molecular flexibility index (Phi) is 4.27. The van der Waals surface area contributed by atoms with Gasteiger partial charge < -0.3 is 4.90 Å². The monoisotopic (exact) mass is 381 g/mol. The van der Waals surface area contributed by atoms with Gasteiger partial charge in [-0.05, 0) is 44.7 Å². The average Bonchev–Trinajstić information content (AvgIpc) is 3.19. The first-order valence-electron chi connectivity index (χ1n) is 9.77. The van der Waals surface area contributed by atoms with Crippen LogP contribution >= 0.6 is 11.8 Å². The van der Waals surface area contributed by atoms with E-state index >= 15 is 0 Å². The number of aryl methyl sites for hydroxylation is 1. The summed E-state index contributed by atoms with van der Waals surface area (Å²) >= 11 is 1.48. The predicted molar refractivity (Wildman–Crippen MR) is 106 cm³/mol. The molecule has 27 heavy (non-hydrogen) atoms. The van der Waals surface area contributed by atoms with Crippen LogP contribution in [0.5, 0.6) is 0 Å². The summed E-state index contributed by atoms with van der Waals surface area (Å²) < 4.78 is 1.78. The molecule has 0 saturated heterocycles. The van der Waals surface area contributed by atoms with Crippen molar-refractivity contribution >= 4 is 34.2 Å². The van der Waals surface area contributed by atoms with E-state index in [9.17, 15) is 4.79 Å². The summed E-state index contributed by atoms with van der Waals surface area (Å²) in [7, 11) is 0. The van der Waals surface area contributed by atoms with Crippen molar-refractivity contribution in [2.45, 2.75) is 62.7 Å². The van der Waals surface area contributed by atoms with Crippen LogP contribution in [0.4, 0.5) is 0 Å². The van der Waals surface area contributed by atoms with Crippen molar-refractivity contribution < 1.29 is 4.79 Å². The second kappa shape index (κ2) is 6.78. The maximum absolute atomic E-state index is 13.0. The number of carbonyl (C=O) groups excluding carboxylic acids is 1. The Morgan fingerprint density at radius 3 is 2.67 bits per heavy atom. The Labute approximate surface area is 162 Å². The highest BCUT2D eigenvalue weighted by Crippen LogP contribution is 2.35. The fourth-order valence-electron chi connectivity index (χ4n) is 4.17. The summed E-state index contributed by atoms with van der Waals surface area (Å²) in [5.74, 6) is 1.37. The van der Waals surface area contributed by atoms with Gasteiger partial charge in [0.25, 0.3) is 0 Å². The van der Waals surface area contributed by atoms with E-state index in [1.54, 1.807) is 4.52 Å². The van der Waals surface area contributed by atoms with E-state index in [-0.39, 0.29) is 5.91 Å². The van der Waals surface area contributed by atoms with E-state index in [1.165, 1.54) is 24.6 Å². The number of fused-ring (bicyclic) bond motifs is 3. The summed E-state index contributed by atoms with van der Waals surface area (Å²) in [4.78, 5) is 24.5. The van der Waals surface area contributed by atoms with Crippen LogP contribution in [0.2, 0.25) is 0 Å². The van der Waals surface area contributed by atoms with Gasteiger partial charge >= 0.3 is 0 Å². The maximum Gasteiger partial charge on any atom is 0.233 e. The van der Waals surface area contributed by atoms with Crippen molar-refractivity contribution in [1.82, 2.24) is 24.5 Å². The van der Waals surface area contributed by atoms with E-state index in [4.69, 9.17) is 4.98 Å². The average molecular weight is 382 g/mol. The highest BCUT2D eigenvalue weighted by molar-refractivity contribution is 7.99. The molecular formula is C20H23N5OS. The van der Waals surface area contributed by atoms with Crippen LogP contribution in [0.3, 0.4) is 0 Å². The minimum atomic E-state index is 0.245. The first kappa shape index (κ1) is 17.0. The number of benzene rings is 1. The molecule has 0 radical (unpaired) electrons. The van der Waals surface area contributed by atoms with Gasteiger partial charge in [0.1, 0.15) is 5.82 Å². The summed E-state index contributed by atoms with van der Waals surface area (Å²) in [6.07, 6.45) is 7.14. The number of para-hydroxylation sites is 1. The number of rotatable bonds is 5. The van der Waals surface area contributed by atoms with Gasteiger partial charge in [0.15, 0.2) is 10.8 Å². The van der Waals surface area contributed by atoms with Crippen molar-refractivity contribution in [3.8, 4) is 0 Å². The van der Waals surface area contributed by atoms with Crippen LogP contribution in [0, 0.1) is 6.92 Å². The van der Waals surface area contributed by atoms with Gasteiger partial charge in [-0.25, -0.2) is 9.97 Å². The molecule has 6 nitrogen and oxygen atoms in total. The van der Waals surface area contributed by atoms with Crippen molar-refractivity contribution in [3.05, 3.63) is 30.1 Å². The van der Waals surface area contributed by atoms with Crippen molar-refractivity contribution in [2.24, 2.45) is 0 Å². The fraction of sp³-hybridized carbons (Fsp3) is 0.500. The lowest BCUT2D eigenvalue weighted by Crippen LogP contribution is -2.41. The molecule has 3 aromatic rings. The molecule has 5 rings (SSSR count). The molecule has 140 valence electrons. The van der Waals surface area contributed by atoms with Crippen LogP contribution in [-0.4, -0.2) is 48.2 Å². The first-order valence-corrected chi connectivity index (χ1v) is 10.8. The molecule has 2 saturated carbocycles. The molecule has 1 amide bonds. The molecule has 7 heteroatoms. The van der Waals surface area contributed by atoms with Gasteiger partial charge in [0.2, 0.25) is 5.91 Å².